The van der Waals surface area contributed by atoms with Crippen molar-refractivity contribution in [2.45, 2.75) is 44.2 Å². The van der Waals surface area contributed by atoms with Crippen LogP contribution in [0.4, 0.5) is 32.2 Å². The molecule has 3 aromatic rings. The van der Waals surface area contributed by atoms with Crippen molar-refractivity contribution in [1.29, 1.82) is 0 Å². The fourth-order valence-electron chi connectivity index (χ4n) is 5.17. The summed E-state index contributed by atoms with van der Waals surface area (Å²) < 4.78 is 82.0. The number of carbonyl (C=O) groups is 1. The molecule has 212 valence electrons. The van der Waals surface area contributed by atoms with Gasteiger partial charge in [-0.25, -0.2) is 4.68 Å². The molecule has 0 aliphatic carbocycles. The Kier molecular flexibility index (Phi) is 7.56. The van der Waals surface area contributed by atoms with Crippen LogP contribution in [0.1, 0.15) is 58.0 Å². The van der Waals surface area contributed by atoms with Crippen molar-refractivity contribution in [3.63, 3.8) is 0 Å². The zero-order valence-corrected chi connectivity index (χ0v) is 21.8. The third-order valence-corrected chi connectivity index (χ3v) is 7.38. The van der Waals surface area contributed by atoms with Crippen LogP contribution >= 0.6 is 11.6 Å². The van der Waals surface area contributed by atoms with E-state index in [0.717, 1.165) is 10.2 Å². The SMILES string of the molecule is O=C(c1c(N2CC=CCC2)nnn1Cc1cc(C(F)(F)F)cc(C(F)(F)F)c1)N1CCC[C@@H]1c1ccccc1Cl. The van der Waals surface area contributed by atoms with Crippen molar-refractivity contribution in [2.75, 3.05) is 24.5 Å². The smallest absolute Gasteiger partial charge is 0.349 e. The second-order valence-corrected chi connectivity index (χ2v) is 10.1. The number of halogens is 7. The minimum absolute atomic E-state index is 0.000207. The lowest BCUT2D eigenvalue weighted by Crippen LogP contribution is -2.35. The Morgan fingerprint density at radius 1 is 0.975 bits per heavy atom. The lowest BCUT2D eigenvalue weighted by atomic mass is 10.0. The number of alkyl halides is 6. The van der Waals surface area contributed by atoms with Gasteiger partial charge in [0.1, 0.15) is 0 Å². The monoisotopic (exact) mass is 583 g/mol. The standard InChI is InChI=1S/C27H24ClF6N5O/c28-21-8-3-2-7-20(21)22-9-6-12-38(22)25(40)23-24(37-10-4-1-5-11-37)35-36-39(23)16-17-13-18(26(29,30)31)15-19(14-17)27(32,33)34/h1-4,7-8,13-15,22H,5-6,9-12,16H2/t22-/m1/s1. The third kappa shape index (κ3) is 5.67. The van der Waals surface area contributed by atoms with Crippen molar-refractivity contribution in [3.8, 4) is 0 Å². The van der Waals surface area contributed by atoms with E-state index in [1.807, 2.05) is 29.2 Å². The van der Waals surface area contributed by atoms with Crippen LogP contribution in [-0.4, -0.2) is 45.4 Å². The highest BCUT2D eigenvalue weighted by Crippen LogP contribution is 2.39. The van der Waals surface area contributed by atoms with E-state index in [0.29, 0.717) is 56.1 Å². The number of hydrogen-bond donors (Lipinski definition) is 0. The first kappa shape index (κ1) is 28.0. The summed E-state index contributed by atoms with van der Waals surface area (Å²) in [5.74, 6) is -0.248. The lowest BCUT2D eigenvalue weighted by Gasteiger charge is -2.28. The maximum absolute atomic E-state index is 14.1. The Labute approximate surface area is 230 Å². The number of likely N-dealkylation sites (tertiary alicyclic amines) is 1. The van der Waals surface area contributed by atoms with Crippen molar-refractivity contribution in [1.82, 2.24) is 19.9 Å². The summed E-state index contributed by atoms with van der Waals surface area (Å²) in [4.78, 5) is 17.5. The Morgan fingerprint density at radius 3 is 2.30 bits per heavy atom. The molecular weight excluding hydrogens is 560 g/mol. The van der Waals surface area contributed by atoms with Gasteiger partial charge in [0.2, 0.25) is 0 Å². The van der Waals surface area contributed by atoms with E-state index in [-0.39, 0.29) is 29.2 Å². The van der Waals surface area contributed by atoms with E-state index in [9.17, 15) is 31.1 Å². The van der Waals surface area contributed by atoms with Gasteiger partial charge in [-0.1, -0.05) is 47.2 Å². The molecular formula is C27H24ClF6N5O. The number of amides is 1. The van der Waals surface area contributed by atoms with Crippen molar-refractivity contribution >= 4 is 23.3 Å². The third-order valence-electron chi connectivity index (χ3n) is 7.04. The van der Waals surface area contributed by atoms with Crippen LogP contribution in [0, 0.1) is 0 Å². The molecule has 2 aliphatic heterocycles. The summed E-state index contributed by atoms with van der Waals surface area (Å²) in [6.45, 7) is 0.816. The van der Waals surface area contributed by atoms with Crippen LogP contribution in [-0.2, 0) is 18.9 Å². The average molecular weight is 584 g/mol. The topological polar surface area (TPSA) is 54.3 Å². The minimum atomic E-state index is -5.00. The molecule has 3 heterocycles. The quantitative estimate of drug-likeness (QED) is 0.246. The first-order valence-electron chi connectivity index (χ1n) is 12.6. The molecule has 6 nitrogen and oxygen atoms in total. The van der Waals surface area contributed by atoms with Crippen molar-refractivity contribution < 1.29 is 31.1 Å². The molecule has 0 unspecified atom stereocenters. The van der Waals surface area contributed by atoms with Crippen molar-refractivity contribution in [2.24, 2.45) is 0 Å². The van der Waals surface area contributed by atoms with E-state index in [4.69, 9.17) is 11.6 Å². The number of carbonyl (C=O) groups excluding carboxylic acids is 1. The first-order valence-corrected chi connectivity index (χ1v) is 13.0. The van der Waals surface area contributed by atoms with Gasteiger partial charge >= 0.3 is 12.4 Å². The van der Waals surface area contributed by atoms with Crippen LogP contribution in [0.25, 0.3) is 0 Å². The summed E-state index contributed by atoms with van der Waals surface area (Å²) in [5.41, 5.74) is -2.44. The van der Waals surface area contributed by atoms with Crippen LogP contribution in [0.5, 0.6) is 0 Å². The summed E-state index contributed by atoms with van der Waals surface area (Å²) in [6.07, 6.45) is -4.14. The van der Waals surface area contributed by atoms with Gasteiger partial charge in [-0.05, 0) is 54.7 Å². The Balaban J connectivity index is 1.57. The molecule has 0 bridgehead atoms. The highest BCUT2D eigenvalue weighted by atomic mass is 35.5. The number of rotatable bonds is 5. The average Bonchev–Trinajstić information content (AvgIpc) is 3.56. The number of hydrogen-bond acceptors (Lipinski definition) is 4. The van der Waals surface area contributed by atoms with E-state index in [1.54, 1.807) is 17.0 Å². The molecule has 1 fully saturated rings. The number of benzene rings is 2. The van der Waals surface area contributed by atoms with Crippen LogP contribution in [0.15, 0.2) is 54.6 Å². The lowest BCUT2D eigenvalue weighted by molar-refractivity contribution is -0.143. The molecule has 0 spiro atoms. The molecule has 1 aromatic heterocycles. The molecule has 2 aromatic carbocycles. The van der Waals surface area contributed by atoms with Gasteiger partial charge in [0.15, 0.2) is 11.5 Å². The molecule has 0 saturated carbocycles. The van der Waals surface area contributed by atoms with Crippen LogP contribution < -0.4 is 4.90 Å². The van der Waals surface area contributed by atoms with Gasteiger partial charge in [0, 0.05) is 24.7 Å². The first-order chi connectivity index (χ1) is 18.9. The molecule has 1 amide bonds. The predicted molar refractivity (Wildman–Crippen MR) is 136 cm³/mol. The minimum Gasteiger partial charge on any atom is -0.349 e. The maximum atomic E-state index is 14.1. The highest BCUT2D eigenvalue weighted by molar-refractivity contribution is 6.31. The summed E-state index contributed by atoms with van der Waals surface area (Å²) in [7, 11) is 0. The van der Waals surface area contributed by atoms with E-state index in [2.05, 4.69) is 10.3 Å². The van der Waals surface area contributed by atoms with Gasteiger partial charge in [-0.2, -0.15) is 26.3 Å². The molecule has 1 saturated heterocycles. The van der Waals surface area contributed by atoms with Gasteiger partial charge in [-0.15, -0.1) is 5.10 Å². The summed E-state index contributed by atoms with van der Waals surface area (Å²) >= 11 is 6.43. The fraction of sp³-hybridized carbons (Fsp3) is 0.370. The highest BCUT2D eigenvalue weighted by Gasteiger charge is 2.39. The zero-order chi connectivity index (χ0) is 28.7. The zero-order valence-electron chi connectivity index (χ0n) is 21.0. The molecule has 0 N–H and O–H groups in total. The Bertz CT molecular complexity index is 1400. The Hall–Kier alpha value is -3.54. The van der Waals surface area contributed by atoms with Crippen LogP contribution in [0.2, 0.25) is 5.02 Å². The van der Waals surface area contributed by atoms with Crippen LogP contribution in [0.3, 0.4) is 0 Å². The number of nitrogens with zero attached hydrogens (tertiary/aromatic N) is 5. The van der Waals surface area contributed by atoms with Gasteiger partial charge in [0.25, 0.3) is 5.91 Å². The Morgan fingerprint density at radius 2 is 1.68 bits per heavy atom. The summed E-state index contributed by atoms with van der Waals surface area (Å²) in [6, 6.07) is 8.12. The van der Waals surface area contributed by atoms with E-state index < -0.39 is 35.9 Å². The normalized spacial score (nSPS) is 18.0. The number of aromatic nitrogens is 3. The fourth-order valence-corrected chi connectivity index (χ4v) is 5.43. The predicted octanol–water partition coefficient (Wildman–Crippen LogP) is 6.76. The van der Waals surface area contributed by atoms with Gasteiger partial charge < -0.3 is 9.80 Å². The molecule has 5 rings (SSSR count). The maximum Gasteiger partial charge on any atom is 0.416 e. The largest absolute Gasteiger partial charge is 0.416 e. The summed E-state index contributed by atoms with van der Waals surface area (Å²) in [5, 5.41) is 8.71. The number of anilines is 1. The van der Waals surface area contributed by atoms with Crippen molar-refractivity contribution in [3.05, 3.63) is 87.6 Å². The van der Waals surface area contributed by atoms with Gasteiger partial charge in [-0.3, -0.25) is 4.79 Å². The molecule has 1 atom stereocenters. The van der Waals surface area contributed by atoms with Gasteiger partial charge in [0.05, 0.1) is 23.7 Å². The van der Waals surface area contributed by atoms with E-state index >= 15 is 0 Å². The molecule has 40 heavy (non-hydrogen) atoms. The second kappa shape index (κ2) is 10.8. The molecule has 2 aliphatic rings. The molecule has 0 radical (unpaired) electrons. The second-order valence-electron chi connectivity index (χ2n) is 9.72. The van der Waals surface area contributed by atoms with E-state index in [1.165, 1.54) is 0 Å². The molecule has 13 heteroatoms.